The molecule has 0 aliphatic carbocycles. The van der Waals surface area contributed by atoms with Crippen molar-refractivity contribution in [3.05, 3.63) is 41.5 Å². The maximum atomic E-state index is 11.7. The Morgan fingerprint density at radius 2 is 2.21 bits per heavy atom. The van der Waals surface area contributed by atoms with E-state index in [0.29, 0.717) is 28.8 Å². The van der Waals surface area contributed by atoms with Gasteiger partial charge < -0.3 is 14.7 Å². The number of aromatic amines is 1. The molecule has 7 nitrogen and oxygen atoms in total. The Morgan fingerprint density at radius 3 is 3.05 bits per heavy atom. The lowest BCUT2D eigenvalue weighted by molar-refractivity contribution is 0.276. The maximum absolute atomic E-state index is 11.7. The van der Waals surface area contributed by atoms with Gasteiger partial charge >= 0.3 is 0 Å². The summed E-state index contributed by atoms with van der Waals surface area (Å²) >= 11 is 0. The van der Waals surface area contributed by atoms with Gasteiger partial charge in [-0.15, -0.1) is 0 Å². The predicted octanol–water partition coefficient (Wildman–Crippen LogP) is 0.174. The molecule has 0 fully saturated rings. The van der Waals surface area contributed by atoms with E-state index >= 15 is 0 Å². The molecule has 0 atom stereocenters. The fourth-order valence-electron chi connectivity index (χ4n) is 1.91. The summed E-state index contributed by atoms with van der Waals surface area (Å²) < 4.78 is 1.75. The molecule has 0 aliphatic rings. The molecule has 3 aromatic rings. The maximum Gasteiger partial charge on any atom is 0.258 e. The van der Waals surface area contributed by atoms with Crippen LogP contribution in [-0.2, 0) is 6.54 Å². The highest BCUT2D eigenvalue weighted by molar-refractivity contribution is 5.89. The second-order valence-electron chi connectivity index (χ2n) is 4.01. The summed E-state index contributed by atoms with van der Waals surface area (Å²) in [5.74, 6) is 0. The lowest BCUT2D eigenvalue weighted by Gasteiger charge is -2.00. The van der Waals surface area contributed by atoms with Crippen molar-refractivity contribution in [3.8, 4) is 11.4 Å². The van der Waals surface area contributed by atoms with Crippen molar-refractivity contribution in [1.29, 1.82) is 0 Å². The Hall–Kier alpha value is -2.54. The van der Waals surface area contributed by atoms with Crippen LogP contribution in [0.3, 0.4) is 0 Å². The fraction of sp³-hybridized carbons (Fsp3) is 0.167. The first kappa shape index (κ1) is 11.5. The number of imidazole rings is 1. The van der Waals surface area contributed by atoms with Gasteiger partial charge in [0.1, 0.15) is 16.9 Å². The van der Waals surface area contributed by atoms with E-state index in [0.717, 1.165) is 0 Å². The highest BCUT2D eigenvalue weighted by Crippen LogP contribution is 2.20. The van der Waals surface area contributed by atoms with E-state index in [2.05, 4.69) is 19.9 Å². The highest BCUT2D eigenvalue weighted by atomic mass is 16.3. The van der Waals surface area contributed by atoms with Crippen LogP contribution in [0.1, 0.15) is 0 Å². The van der Waals surface area contributed by atoms with Gasteiger partial charge in [-0.2, -0.15) is 0 Å². The molecule has 19 heavy (non-hydrogen) atoms. The molecule has 2 N–H and O–H groups in total. The molecule has 0 bridgehead atoms. The zero-order chi connectivity index (χ0) is 13.2. The smallest absolute Gasteiger partial charge is 0.258 e. The number of nitrogens with one attached hydrogen (secondary N) is 1. The normalized spacial score (nSPS) is 11.0. The molecule has 7 heteroatoms. The lowest BCUT2D eigenvalue weighted by atomic mass is 10.2. The number of aliphatic hydroxyl groups is 1. The largest absolute Gasteiger partial charge is 0.395 e. The Morgan fingerprint density at radius 1 is 1.32 bits per heavy atom. The van der Waals surface area contributed by atoms with E-state index in [1.54, 1.807) is 29.4 Å². The Labute approximate surface area is 107 Å². The standard InChI is InChI=1S/C12H11N5O2/c18-4-3-17-5-9(16-7-17)11-10-8(1-2-13-11)12(19)15-6-14-10/h1-2,5-7,18H,3-4H2,(H,14,15,19). The predicted molar refractivity (Wildman–Crippen MR) is 68.5 cm³/mol. The van der Waals surface area contributed by atoms with E-state index in [-0.39, 0.29) is 12.2 Å². The molecule has 0 amide bonds. The molecule has 0 unspecified atom stereocenters. The van der Waals surface area contributed by atoms with Crippen molar-refractivity contribution in [2.75, 3.05) is 6.61 Å². The monoisotopic (exact) mass is 257 g/mol. The molecular formula is C12H11N5O2. The van der Waals surface area contributed by atoms with Crippen LogP contribution in [0.5, 0.6) is 0 Å². The summed E-state index contributed by atoms with van der Waals surface area (Å²) in [6, 6.07) is 1.62. The zero-order valence-corrected chi connectivity index (χ0v) is 9.95. The molecule has 0 spiro atoms. The van der Waals surface area contributed by atoms with Crippen LogP contribution in [-0.4, -0.2) is 36.2 Å². The third kappa shape index (κ3) is 2.00. The number of H-pyrrole nitrogens is 1. The van der Waals surface area contributed by atoms with Gasteiger partial charge in [-0.25, -0.2) is 9.97 Å². The average molecular weight is 257 g/mol. The molecule has 0 saturated carbocycles. The summed E-state index contributed by atoms with van der Waals surface area (Å²) in [4.78, 5) is 26.8. The Kier molecular flexibility index (Phi) is 2.81. The third-order valence-electron chi connectivity index (χ3n) is 2.79. The number of pyridine rings is 1. The Balaban J connectivity index is 2.19. The van der Waals surface area contributed by atoms with Crippen LogP contribution >= 0.6 is 0 Å². The molecule has 3 rings (SSSR count). The minimum absolute atomic E-state index is 0.0384. The van der Waals surface area contributed by atoms with E-state index in [1.807, 2.05) is 0 Å². The van der Waals surface area contributed by atoms with Crippen LogP contribution in [0.25, 0.3) is 22.3 Å². The van der Waals surface area contributed by atoms with Crippen LogP contribution in [0.15, 0.2) is 35.9 Å². The molecular weight excluding hydrogens is 246 g/mol. The number of hydrogen-bond acceptors (Lipinski definition) is 5. The van der Waals surface area contributed by atoms with Gasteiger partial charge in [0.05, 0.1) is 24.6 Å². The quantitative estimate of drug-likeness (QED) is 0.697. The first-order valence-electron chi connectivity index (χ1n) is 5.75. The van der Waals surface area contributed by atoms with Crippen molar-refractivity contribution < 1.29 is 5.11 Å². The second-order valence-corrected chi connectivity index (χ2v) is 4.01. The van der Waals surface area contributed by atoms with Gasteiger partial charge in [-0.05, 0) is 6.07 Å². The van der Waals surface area contributed by atoms with Crippen LogP contribution in [0.2, 0.25) is 0 Å². The van der Waals surface area contributed by atoms with Gasteiger partial charge in [0.15, 0.2) is 0 Å². The van der Waals surface area contributed by atoms with Gasteiger partial charge in [0.2, 0.25) is 0 Å². The molecule has 0 radical (unpaired) electrons. The van der Waals surface area contributed by atoms with Gasteiger partial charge in [-0.1, -0.05) is 0 Å². The summed E-state index contributed by atoms with van der Waals surface area (Å²) in [5.41, 5.74) is 1.49. The average Bonchev–Trinajstić information content (AvgIpc) is 2.88. The number of rotatable bonds is 3. The summed E-state index contributed by atoms with van der Waals surface area (Å²) in [5, 5.41) is 9.36. The van der Waals surface area contributed by atoms with E-state index in [4.69, 9.17) is 5.11 Å². The topological polar surface area (TPSA) is 96.7 Å². The molecule has 3 heterocycles. The first-order valence-corrected chi connectivity index (χ1v) is 5.75. The van der Waals surface area contributed by atoms with Crippen molar-refractivity contribution in [1.82, 2.24) is 24.5 Å². The van der Waals surface area contributed by atoms with Crippen molar-refractivity contribution >= 4 is 10.9 Å². The molecule has 0 saturated heterocycles. The number of aromatic nitrogens is 5. The van der Waals surface area contributed by atoms with Gasteiger partial charge in [0.25, 0.3) is 5.56 Å². The molecule has 96 valence electrons. The number of hydrogen-bond donors (Lipinski definition) is 2. The minimum Gasteiger partial charge on any atom is -0.395 e. The Bertz CT molecular complexity index is 777. The molecule has 3 aromatic heterocycles. The van der Waals surface area contributed by atoms with Crippen molar-refractivity contribution in [3.63, 3.8) is 0 Å². The summed E-state index contributed by atoms with van der Waals surface area (Å²) in [6.45, 7) is 0.502. The first-order chi connectivity index (χ1) is 9.29. The number of fused-ring (bicyclic) bond motifs is 1. The molecule has 0 aromatic carbocycles. The van der Waals surface area contributed by atoms with Crippen molar-refractivity contribution in [2.45, 2.75) is 6.54 Å². The SMILES string of the molecule is O=c1[nH]cnc2c(-c3cn(CCO)cn3)nccc12. The van der Waals surface area contributed by atoms with Crippen molar-refractivity contribution in [2.24, 2.45) is 0 Å². The van der Waals surface area contributed by atoms with E-state index in [9.17, 15) is 4.79 Å². The summed E-state index contributed by atoms with van der Waals surface area (Å²) in [6.07, 6.45) is 6.28. The van der Waals surface area contributed by atoms with Crippen LogP contribution in [0.4, 0.5) is 0 Å². The van der Waals surface area contributed by atoms with Gasteiger partial charge in [-0.3, -0.25) is 9.78 Å². The third-order valence-corrected chi connectivity index (χ3v) is 2.79. The number of nitrogens with zero attached hydrogens (tertiary/aromatic N) is 4. The lowest BCUT2D eigenvalue weighted by Crippen LogP contribution is -2.07. The number of aliphatic hydroxyl groups excluding tert-OH is 1. The van der Waals surface area contributed by atoms with Crippen LogP contribution in [0, 0.1) is 0 Å². The van der Waals surface area contributed by atoms with E-state index in [1.165, 1.54) is 6.33 Å². The van der Waals surface area contributed by atoms with Gasteiger partial charge in [0, 0.05) is 18.9 Å². The van der Waals surface area contributed by atoms with Crippen LogP contribution < -0.4 is 5.56 Å². The minimum atomic E-state index is -0.205. The zero-order valence-electron chi connectivity index (χ0n) is 9.95. The molecule has 0 aliphatic heterocycles. The second kappa shape index (κ2) is 4.62. The van der Waals surface area contributed by atoms with E-state index < -0.39 is 0 Å². The fourth-order valence-corrected chi connectivity index (χ4v) is 1.91. The summed E-state index contributed by atoms with van der Waals surface area (Å²) in [7, 11) is 0. The highest BCUT2D eigenvalue weighted by Gasteiger charge is 2.11.